The predicted octanol–water partition coefficient (Wildman–Crippen LogP) is 3.26. The second kappa shape index (κ2) is 6.19. The number of thioether (sulfide) groups is 1. The summed E-state index contributed by atoms with van der Waals surface area (Å²) in [7, 11) is 0. The van der Waals surface area contributed by atoms with Gasteiger partial charge in [0.1, 0.15) is 5.76 Å². The molecule has 0 aliphatic carbocycles. The average molecular weight is 312 g/mol. The number of benzene rings is 1. The van der Waals surface area contributed by atoms with Crippen LogP contribution in [0.15, 0.2) is 27.8 Å². The van der Waals surface area contributed by atoms with E-state index in [-0.39, 0.29) is 11.7 Å². The minimum Gasteiger partial charge on any atom is -0.437 e. The summed E-state index contributed by atoms with van der Waals surface area (Å²) in [6, 6.07) is 4.92. The van der Waals surface area contributed by atoms with Gasteiger partial charge >= 0.3 is 0 Å². The van der Waals surface area contributed by atoms with E-state index in [1.165, 1.54) is 11.8 Å². The first-order valence-electron chi connectivity index (χ1n) is 5.87. The van der Waals surface area contributed by atoms with Crippen LogP contribution in [0.25, 0.3) is 0 Å². The van der Waals surface area contributed by atoms with Crippen LogP contribution in [0.2, 0.25) is 5.02 Å². The van der Waals surface area contributed by atoms with Gasteiger partial charge in [-0.05, 0) is 32.0 Å². The summed E-state index contributed by atoms with van der Waals surface area (Å²) in [5.41, 5.74) is 7.56. The number of halogens is 1. The van der Waals surface area contributed by atoms with Gasteiger partial charge in [0.2, 0.25) is 5.91 Å². The Balaban J connectivity index is 1.92. The first-order valence-corrected chi connectivity index (χ1v) is 7.24. The Morgan fingerprint density at radius 3 is 2.85 bits per heavy atom. The third kappa shape index (κ3) is 3.68. The van der Waals surface area contributed by atoms with Crippen molar-refractivity contribution in [1.29, 1.82) is 0 Å². The SMILES string of the molecule is Cc1nc(SCC(=O)Nc2ccc(Cl)cc2N)oc1C. The molecular formula is C13H14ClN3O2S. The van der Waals surface area contributed by atoms with E-state index in [1.807, 2.05) is 13.8 Å². The lowest BCUT2D eigenvalue weighted by Gasteiger charge is -2.07. The van der Waals surface area contributed by atoms with Gasteiger partial charge in [-0.25, -0.2) is 4.98 Å². The minimum atomic E-state index is -0.183. The molecule has 7 heteroatoms. The lowest BCUT2D eigenvalue weighted by atomic mass is 10.2. The summed E-state index contributed by atoms with van der Waals surface area (Å²) in [5, 5.41) is 3.73. The van der Waals surface area contributed by atoms with E-state index in [2.05, 4.69) is 10.3 Å². The summed E-state index contributed by atoms with van der Waals surface area (Å²) in [6.07, 6.45) is 0. The molecule has 0 fully saturated rings. The Morgan fingerprint density at radius 1 is 1.50 bits per heavy atom. The van der Waals surface area contributed by atoms with Crippen molar-refractivity contribution in [3.05, 3.63) is 34.7 Å². The zero-order chi connectivity index (χ0) is 14.7. The molecule has 0 radical (unpaired) electrons. The fourth-order valence-corrected chi connectivity index (χ4v) is 2.36. The molecular weight excluding hydrogens is 298 g/mol. The van der Waals surface area contributed by atoms with Crippen molar-refractivity contribution in [2.75, 3.05) is 16.8 Å². The van der Waals surface area contributed by atoms with Crippen molar-refractivity contribution in [3.8, 4) is 0 Å². The van der Waals surface area contributed by atoms with Crippen LogP contribution in [0, 0.1) is 13.8 Å². The number of aromatic nitrogens is 1. The van der Waals surface area contributed by atoms with Crippen LogP contribution in [0.4, 0.5) is 11.4 Å². The number of nitrogens with two attached hydrogens (primary N) is 1. The fraction of sp³-hybridized carbons (Fsp3) is 0.231. The quantitative estimate of drug-likeness (QED) is 0.669. The minimum absolute atomic E-state index is 0.183. The number of oxazole rings is 1. The van der Waals surface area contributed by atoms with Gasteiger partial charge in [-0.1, -0.05) is 23.4 Å². The number of hydrogen-bond donors (Lipinski definition) is 2. The molecule has 106 valence electrons. The van der Waals surface area contributed by atoms with Crippen molar-refractivity contribution >= 4 is 40.6 Å². The molecule has 0 aliphatic heterocycles. The molecule has 20 heavy (non-hydrogen) atoms. The second-order valence-electron chi connectivity index (χ2n) is 4.19. The number of aryl methyl sites for hydroxylation is 2. The monoisotopic (exact) mass is 311 g/mol. The standard InChI is InChI=1S/C13H14ClN3O2S/c1-7-8(2)19-13(16-7)20-6-12(18)17-11-4-3-9(14)5-10(11)15/h3-5H,6,15H2,1-2H3,(H,17,18). The van der Waals surface area contributed by atoms with E-state index in [1.54, 1.807) is 18.2 Å². The third-order valence-corrected chi connectivity index (χ3v) is 3.69. The highest BCUT2D eigenvalue weighted by Gasteiger charge is 2.10. The molecule has 5 nitrogen and oxygen atoms in total. The molecule has 2 rings (SSSR count). The summed E-state index contributed by atoms with van der Waals surface area (Å²) < 4.78 is 5.38. The normalized spacial score (nSPS) is 10.6. The van der Waals surface area contributed by atoms with Gasteiger partial charge in [0.15, 0.2) is 0 Å². The van der Waals surface area contributed by atoms with E-state index in [4.69, 9.17) is 21.8 Å². The maximum atomic E-state index is 11.8. The average Bonchev–Trinajstić information content (AvgIpc) is 2.70. The molecule has 0 saturated heterocycles. The van der Waals surface area contributed by atoms with E-state index >= 15 is 0 Å². The van der Waals surface area contributed by atoms with Crippen LogP contribution in [-0.4, -0.2) is 16.6 Å². The van der Waals surface area contributed by atoms with Crippen LogP contribution in [0.3, 0.4) is 0 Å². The van der Waals surface area contributed by atoms with Gasteiger partial charge in [-0.2, -0.15) is 0 Å². The molecule has 0 bridgehead atoms. The highest BCUT2D eigenvalue weighted by molar-refractivity contribution is 7.99. The molecule has 3 N–H and O–H groups in total. The lowest BCUT2D eigenvalue weighted by molar-refractivity contribution is -0.113. The van der Waals surface area contributed by atoms with Crippen LogP contribution < -0.4 is 11.1 Å². The molecule has 0 spiro atoms. The number of anilines is 2. The predicted molar refractivity (Wildman–Crippen MR) is 81.2 cm³/mol. The molecule has 0 saturated carbocycles. The van der Waals surface area contributed by atoms with Crippen molar-refractivity contribution in [3.63, 3.8) is 0 Å². The molecule has 0 aliphatic rings. The Morgan fingerprint density at radius 2 is 2.25 bits per heavy atom. The van der Waals surface area contributed by atoms with Crippen molar-refractivity contribution < 1.29 is 9.21 Å². The number of carbonyl (C=O) groups is 1. The number of amides is 1. The summed E-state index contributed by atoms with van der Waals surface area (Å²) >= 11 is 7.03. The molecule has 0 unspecified atom stereocenters. The first-order chi connectivity index (χ1) is 9.45. The second-order valence-corrected chi connectivity index (χ2v) is 5.55. The fourth-order valence-electron chi connectivity index (χ4n) is 1.47. The number of nitrogens with one attached hydrogen (secondary N) is 1. The van der Waals surface area contributed by atoms with Crippen LogP contribution >= 0.6 is 23.4 Å². The maximum absolute atomic E-state index is 11.8. The highest BCUT2D eigenvalue weighted by Crippen LogP contribution is 2.24. The lowest BCUT2D eigenvalue weighted by Crippen LogP contribution is -2.15. The Kier molecular flexibility index (Phi) is 4.57. The molecule has 2 aromatic rings. The molecule has 1 aromatic heterocycles. The van der Waals surface area contributed by atoms with Gasteiger partial charge in [0.25, 0.3) is 5.22 Å². The van der Waals surface area contributed by atoms with Crippen LogP contribution in [0.1, 0.15) is 11.5 Å². The third-order valence-electron chi connectivity index (χ3n) is 2.62. The highest BCUT2D eigenvalue weighted by atomic mass is 35.5. The van der Waals surface area contributed by atoms with Gasteiger partial charge in [0, 0.05) is 5.02 Å². The molecule has 1 amide bonds. The smallest absolute Gasteiger partial charge is 0.256 e. The van der Waals surface area contributed by atoms with E-state index in [9.17, 15) is 4.79 Å². The van der Waals surface area contributed by atoms with Crippen LogP contribution in [-0.2, 0) is 4.79 Å². The Hall–Kier alpha value is -1.66. The zero-order valence-corrected chi connectivity index (χ0v) is 12.6. The molecule has 0 atom stereocenters. The number of carbonyl (C=O) groups excluding carboxylic acids is 1. The van der Waals surface area contributed by atoms with Crippen molar-refractivity contribution in [2.24, 2.45) is 0 Å². The van der Waals surface area contributed by atoms with Gasteiger partial charge in [-0.15, -0.1) is 0 Å². The Bertz CT molecular complexity index is 623. The van der Waals surface area contributed by atoms with E-state index in [0.717, 1.165) is 11.5 Å². The first kappa shape index (κ1) is 14.7. The van der Waals surface area contributed by atoms with Crippen molar-refractivity contribution in [1.82, 2.24) is 4.98 Å². The van der Waals surface area contributed by atoms with E-state index in [0.29, 0.717) is 21.6 Å². The maximum Gasteiger partial charge on any atom is 0.256 e. The van der Waals surface area contributed by atoms with Crippen LogP contribution in [0.5, 0.6) is 0 Å². The molecule has 1 heterocycles. The largest absolute Gasteiger partial charge is 0.437 e. The van der Waals surface area contributed by atoms with Gasteiger partial charge in [-0.3, -0.25) is 4.79 Å². The van der Waals surface area contributed by atoms with Gasteiger partial charge in [0.05, 0.1) is 22.8 Å². The van der Waals surface area contributed by atoms with Gasteiger partial charge < -0.3 is 15.5 Å². The summed E-state index contributed by atoms with van der Waals surface area (Å²) in [6.45, 7) is 3.69. The zero-order valence-electron chi connectivity index (χ0n) is 11.1. The topological polar surface area (TPSA) is 81.2 Å². The van der Waals surface area contributed by atoms with Crippen molar-refractivity contribution in [2.45, 2.75) is 19.1 Å². The number of nitrogens with zero attached hydrogens (tertiary/aromatic N) is 1. The summed E-state index contributed by atoms with van der Waals surface area (Å²) in [5.74, 6) is 0.772. The number of hydrogen-bond acceptors (Lipinski definition) is 5. The Labute approximate surface area is 125 Å². The van der Waals surface area contributed by atoms with E-state index < -0.39 is 0 Å². The number of rotatable bonds is 4. The molecule has 1 aromatic carbocycles. The number of nitrogen functional groups attached to an aromatic ring is 1. The summed E-state index contributed by atoms with van der Waals surface area (Å²) in [4.78, 5) is 16.0.